The Bertz CT molecular complexity index is 1160. The van der Waals surface area contributed by atoms with Gasteiger partial charge in [-0.15, -0.1) is 0 Å². The van der Waals surface area contributed by atoms with E-state index in [2.05, 4.69) is 15.5 Å². The van der Waals surface area contributed by atoms with Gasteiger partial charge in [0.05, 0.1) is 22.4 Å². The number of likely N-dealkylation sites (N-methyl/N-ethyl adjacent to an activating group) is 1. The zero-order valence-electron chi connectivity index (χ0n) is 17.2. The van der Waals surface area contributed by atoms with Crippen molar-refractivity contribution in [3.05, 3.63) is 41.2 Å². The van der Waals surface area contributed by atoms with Crippen molar-refractivity contribution in [2.75, 3.05) is 19.0 Å². The van der Waals surface area contributed by atoms with Crippen molar-refractivity contribution in [3.63, 3.8) is 0 Å². The minimum atomic E-state index is -3.37. The molecule has 1 aliphatic heterocycles. The number of nitrogens with zero attached hydrogens (tertiary/aromatic N) is 3. The smallest absolute Gasteiger partial charge is 0.280 e. The molecule has 32 heavy (non-hydrogen) atoms. The Balaban J connectivity index is 1.54. The minimum Gasteiger partial charge on any atom is -0.393 e. The predicted molar refractivity (Wildman–Crippen MR) is 116 cm³/mol. The van der Waals surface area contributed by atoms with Gasteiger partial charge < -0.3 is 9.74 Å². The zero-order valence-corrected chi connectivity index (χ0v) is 18.8. The van der Waals surface area contributed by atoms with Crippen LogP contribution in [0, 0.1) is 5.13 Å². The van der Waals surface area contributed by atoms with Crippen LogP contribution in [0.25, 0.3) is 0 Å². The number of thiazole rings is 1. The fraction of sp³-hybridized carbons (Fsp3) is 0.400. The number of halogens is 1. The lowest BCUT2D eigenvalue weighted by molar-refractivity contribution is -0.128. The van der Waals surface area contributed by atoms with Gasteiger partial charge in [-0.3, -0.25) is 14.9 Å². The van der Waals surface area contributed by atoms with Crippen molar-refractivity contribution in [1.82, 2.24) is 9.88 Å². The topological polar surface area (TPSA) is 118 Å². The van der Waals surface area contributed by atoms with Crippen molar-refractivity contribution >= 4 is 43.8 Å². The third-order valence-electron chi connectivity index (χ3n) is 5.39. The molecular weight excluding hydrogens is 459 g/mol. The lowest BCUT2D eigenvalue weighted by Gasteiger charge is -2.18. The maximum Gasteiger partial charge on any atom is 0.280 e. The molecule has 2 amide bonds. The van der Waals surface area contributed by atoms with Crippen molar-refractivity contribution in [2.24, 2.45) is 5.16 Å². The maximum absolute atomic E-state index is 13.2. The van der Waals surface area contributed by atoms with Crippen LogP contribution < -0.4 is 5.32 Å². The summed E-state index contributed by atoms with van der Waals surface area (Å²) in [7, 11) is -1.70. The molecule has 0 radical (unpaired) electrons. The molecule has 1 atom stereocenters. The average Bonchev–Trinajstić information content (AvgIpc) is 3.49. The van der Waals surface area contributed by atoms with Crippen LogP contribution in [0.15, 0.2) is 40.5 Å². The number of rotatable bonds is 8. The second kappa shape index (κ2) is 8.94. The fourth-order valence-electron chi connectivity index (χ4n) is 3.31. The summed E-state index contributed by atoms with van der Waals surface area (Å²) in [4.78, 5) is 35.4. The molecule has 1 aromatic heterocycles. The first kappa shape index (κ1) is 22.3. The first-order valence-corrected chi connectivity index (χ1v) is 12.3. The van der Waals surface area contributed by atoms with E-state index in [0.717, 1.165) is 6.20 Å². The Kier molecular flexibility index (Phi) is 6.24. The zero-order chi connectivity index (χ0) is 22.9. The van der Waals surface area contributed by atoms with Gasteiger partial charge in [-0.2, -0.15) is 4.39 Å². The highest BCUT2D eigenvalue weighted by molar-refractivity contribution is 7.92. The number of nitrogens with one attached hydrogen (secondary N) is 1. The quantitative estimate of drug-likeness (QED) is 0.457. The molecule has 170 valence electrons. The second-order valence-electron chi connectivity index (χ2n) is 7.63. The number of anilines is 1. The Morgan fingerprint density at radius 3 is 2.59 bits per heavy atom. The normalized spacial score (nSPS) is 19.3. The summed E-state index contributed by atoms with van der Waals surface area (Å²) in [5.74, 6) is -0.674. The van der Waals surface area contributed by atoms with E-state index >= 15 is 0 Å². The third kappa shape index (κ3) is 4.80. The van der Waals surface area contributed by atoms with Gasteiger partial charge in [0.2, 0.25) is 5.91 Å². The Labute approximate surface area is 188 Å². The Morgan fingerprint density at radius 2 is 2.03 bits per heavy atom. The molecular formula is C20H21FN4O5S2. The number of sulfone groups is 1. The van der Waals surface area contributed by atoms with Crippen LogP contribution in [0.3, 0.4) is 0 Å². The summed E-state index contributed by atoms with van der Waals surface area (Å²) in [6.45, 7) is 0.0963. The van der Waals surface area contributed by atoms with Crippen LogP contribution >= 0.6 is 11.3 Å². The number of likely N-dealkylation sites (tertiary alicyclic amines) is 1. The van der Waals surface area contributed by atoms with Gasteiger partial charge >= 0.3 is 0 Å². The van der Waals surface area contributed by atoms with Gasteiger partial charge in [-0.05, 0) is 31.4 Å². The summed E-state index contributed by atoms with van der Waals surface area (Å²) in [6, 6.07) is 5.65. The van der Waals surface area contributed by atoms with E-state index in [0.29, 0.717) is 42.6 Å². The minimum absolute atomic E-state index is 0.0128. The molecule has 2 fully saturated rings. The van der Waals surface area contributed by atoms with E-state index in [1.807, 2.05) is 0 Å². The number of hydrogen-bond acceptors (Lipinski definition) is 8. The fourth-order valence-corrected chi connectivity index (χ4v) is 5.51. The maximum atomic E-state index is 13.2. The summed E-state index contributed by atoms with van der Waals surface area (Å²) < 4.78 is 38.1. The van der Waals surface area contributed by atoms with Crippen molar-refractivity contribution in [1.29, 1.82) is 0 Å². The molecule has 1 aliphatic carbocycles. The van der Waals surface area contributed by atoms with E-state index in [1.165, 1.54) is 24.3 Å². The molecule has 1 N–H and O–H groups in total. The van der Waals surface area contributed by atoms with Gasteiger partial charge in [-0.25, -0.2) is 13.4 Å². The van der Waals surface area contributed by atoms with Crippen LogP contribution in [0.1, 0.15) is 31.2 Å². The van der Waals surface area contributed by atoms with Crippen molar-refractivity contribution in [2.45, 2.75) is 41.9 Å². The number of aromatic nitrogens is 1. The largest absolute Gasteiger partial charge is 0.393 e. The van der Waals surface area contributed by atoms with E-state index in [-0.39, 0.29) is 39.5 Å². The molecule has 4 rings (SSSR count). The molecule has 0 unspecified atom stereocenters. The monoisotopic (exact) mass is 480 g/mol. The highest BCUT2D eigenvalue weighted by Crippen LogP contribution is 2.33. The van der Waals surface area contributed by atoms with E-state index < -0.39 is 20.9 Å². The first-order valence-electron chi connectivity index (χ1n) is 9.98. The van der Waals surface area contributed by atoms with Crippen molar-refractivity contribution < 1.29 is 27.2 Å². The number of carbonyl (C=O) groups is 2. The third-order valence-corrected chi connectivity index (χ3v) is 8.37. The van der Waals surface area contributed by atoms with Crippen molar-refractivity contribution in [3.8, 4) is 0 Å². The summed E-state index contributed by atoms with van der Waals surface area (Å²) in [5.41, 5.74) is 0.202. The molecule has 0 bridgehead atoms. The van der Waals surface area contributed by atoms with Crippen LogP contribution in [-0.4, -0.2) is 60.8 Å². The SMILES string of the molecule is CN1C(=O)CC[C@@H]1CON=C(C(=O)Nc1ncc(F)s1)c1ccc(S(=O)(=O)C2CC2)cc1. The van der Waals surface area contributed by atoms with Gasteiger partial charge in [0.25, 0.3) is 5.91 Å². The number of carbonyl (C=O) groups excluding carboxylic acids is 2. The summed E-state index contributed by atoms with van der Waals surface area (Å²) in [5, 5.41) is 5.57. The molecule has 12 heteroatoms. The second-order valence-corrected chi connectivity index (χ2v) is 10.8. The van der Waals surface area contributed by atoms with Crippen LogP contribution in [-0.2, 0) is 24.3 Å². The number of amides is 2. The van der Waals surface area contributed by atoms with Gasteiger partial charge in [0.1, 0.15) is 6.61 Å². The molecule has 0 spiro atoms. The lowest BCUT2D eigenvalue weighted by Crippen LogP contribution is -2.32. The van der Waals surface area contributed by atoms with Gasteiger partial charge in [0.15, 0.2) is 25.8 Å². The lowest BCUT2D eigenvalue weighted by atomic mass is 10.1. The highest BCUT2D eigenvalue weighted by atomic mass is 32.2. The number of hydrogen-bond donors (Lipinski definition) is 1. The Hall–Kier alpha value is -2.86. The highest BCUT2D eigenvalue weighted by Gasteiger charge is 2.37. The predicted octanol–water partition coefficient (Wildman–Crippen LogP) is 2.20. The molecule has 2 heterocycles. The van der Waals surface area contributed by atoms with Crippen LogP contribution in [0.5, 0.6) is 0 Å². The van der Waals surface area contributed by atoms with Gasteiger partial charge in [-0.1, -0.05) is 28.6 Å². The van der Waals surface area contributed by atoms with E-state index in [1.54, 1.807) is 11.9 Å². The van der Waals surface area contributed by atoms with Crippen LogP contribution in [0.4, 0.5) is 9.52 Å². The van der Waals surface area contributed by atoms with E-state index in [9.17, 15) is 22.4 Å². The summed E-state index contributed by atoms with van der Waals surface area (Å²) in [6.07, 6.45) is 3.33. The van der Waals surface area contributed by atoms with Gasteiger partial charge in [0, 0.05) is 19.0 Å². The molecule has 2 aliphatic rings. The standard InChI is InChI=1S/C20H21FN4O5S2/c1-25-13(4-9-17(25)26)11-30-24-18(19(27)23-20-22-10-16(21)31-20)12-2-5-14(6-3-12)32(28,29)15-7-8-15/h2-3,5-6,10,13,15H,4,7-9,11H2,1H3,(H,22,23,27)/t13-/m1/s1. The molecule has 1 aromatic carbocycles. The number of benzene rings is 1. The van der Waals surface area contributed by atoms with E-state index in [4.69, 9.17) is 4.84 Å². The molecule has 1 saturated carbocycles. The first-order chi connectivity index (χ1) is 15.3. The molecule has 1 saturated heterocycles. The summed E-state index contributed by atoms with van der Waals surface area (Å²) >= 11 is 0.660. The molecule has 2 aromatic rings. The number of oxime groups is 1. The Morgan fingerprint density at radius 1 is 1.31 bits per heavy atom. The molecule has 9 nitrogen and oxygen atoms in total. The average molecular weight is 481 g/mol. The van der Waals surface area contributed by atoms with Crippen LogP contribution in [0.2, 0.25) is 0 Å².